The number of ether oxygens (including phenoxy) is 1. The number of nitrogens with zero attached hydrogens (tertiary/aromatic N) is 1. The van der Waals surface area contributed by atoms with E-state index < -0.39 is 12.6 Å². The summed E-state index contributed by atoms with van der Waals surface area (Å²) in [5.41, 5.74) is 1.83. The molecule has 2 aromatic rings. The van der Waals surface area contributed by atoms with Gasteiger partial charge in [-0.2, -0.15) is 0 Å². The molecule has 2 bridgehead atoms. The molecule has 2 aromatic carbocycles. The lowest BCUT2D eigenvalue weighted by atomic mass is 9.63. The second kappa shape index (κ2) is 7.24. The number of ketones is 1. The van der Waals surface area contributed by atoms with Gasteiger partial charge in [0.25, 0.3) is 0 Å². The lowest BCUT2D eigenvalue weighted by Crippen LogP contribution is -2.40. The number of hydrogen-bond donors (Lipinski definition) is 0. The minimum absolute atomic E-state index is 0.109. The number of amides is 2. The second-order valence-electron chi connectivity index (χ2n) is 9.55. The van der Waals surface area contributed by atoms with Crippen LogP contribution in [0.25, 0.3) is 0 Å². The number of carbonyl (C=O) groups excluding carboxylic acids is 4. The van der Waals surface area contributed by atoms with Crippen LogP contribution in [0.1, 0.15) is 32.7 Å². The Labute approximate surface area is 191 Å². The predicted octanol–water partition coefficient (Wildman–Crippen LogP) is 3.59. The van der Waals surface area contributed by atoms with E-state index in [-0.39, 0.29) is 52.5 Å². The number of hydrogen-bond acceptors (Lipinski definition) is 5. The van der Waals surface area contributed by atoms with E-state index in [9.17, 15) is 19.2 Å². The highest BCUT2D eigenvalue weighted by Crippen LogP contribution is 2.65. The summed E-state index contributed by atoms with van der Waals surface area (Å²) in [5, 5.41) is 0. The summed E-state index contributed by atoms with van der Waals surface area (Å²) in [6.45, 7) is 1.51. The summed E-state index contributed by atoms with van der Waals surface area (Å²) in [5.74, 6) is -0.969. The Balaban J connectivity index is 1.24. The Morgan fingerprint density at radius 1 is 0.909 bits per heavy atom. The van der Waals surface area contributed by atoms with Crippen LogP contribution in [0.5, 0.6) is 0 Å². The van der Waals surface area contributed by atoms with Gasteiger partial charge in [0, 0.05) is 5.56 Å². The third kappa shape index (κ3) is 3.00. The molecule has 0 spiro atoms. The van der Waals surface area contributed by atoms with Crippen molar-refractivity contribution >= 4 is 29.3 Å². The fraction of sp³-hybridized carbons (Fsp3) is 0.333. The molecule has 6 atom stereocenters. The Hall–Kier alpha value is -3.54. The maximum Gasteiger partial charge on any atom is 0.340 e. The van der Waals surface area contributed by atoms with E-state index >= 15 is 0 Å². The minimum atomic E-state index is -0.731. The van der Waals surface area contributed by atoms with Crippen molar-refractivity contribution < 1.29 is 23.9 Å². The van der Waals surface area contributed by atoms with E-state index in [0.717, 1.165) is 12.0 Å². The molecule has 4 aliphatic carbocycles. The topological polar surface area (TPSA) is 80.8 Å². The zero-order chi connectivity index (χ0) is 22.9. The molecule has 33 heavy (non-hydrogen) atoms. The zero-order valence-corrected chi connectivity index (χ0v) is 18.1. The minimum Gasteiger partial charge on any atom is -0.454 e. The fourth-order valence-electron chi connectivity index (χ4n) is 6.07. The van der Waals surface area contributed by atoms with Crippen LogP contribution in [0, 0.1) is 42.4 Å². The molecule has 2 saturated carbocycles. The Morgan fingerprint density at radius 2 is 1.52 bits per heavy atom. The number of carbonyl (C=O) groups is 4. The highest BCUT2D eigenvalue weighted by molar-refractivity contribution is 6.24. The average molecular weight is 441 g/mol. The number of rotatable bonds is 5. The van der Waals surface area contributed by atoms with Crippen LogP contribution in [-0.4, -0.2) is 30.2 Å². The van der Waals surface area contributed by atoms with Crippen LogP contribution >= 0.6 is 0 Å². The van der Waals surface area contributed by atoms with E-state index in [1.54, 1.807) is 30.3 Å². The fourth-order valence-corrected chi connectivity index (χ4v) is 6.07. The van der Waals surface area contributed by atoms with Crippen molar-refractivity contribution in [2.45, 2.75) is 13.3 Å². The SMILES string of the molecule is Cc1ccc(C(=O)COC(=O)c2ccccc2N2C(=O)[C@@H]3[C@H]4C=C[C@@H]([C@@H]5C[C@@H]45)[C@H]3C2=O)cc1. The van der Waals surface area contributed by atoms with E-state index in [1.165, 1.54) is 11.0 Å². The number of esters is 1. The largest absolute Gasteiger partial charge is 0.454 e. The molecule has 0 aromatic heterocycles. The number of para-hydroxylation sites is 1. The molecule has 5 aliphatic rings. The van der Waals surface area contributed by atoms with Crippen LogP contribution in [-0.2, 0) is 14.3 Å². The van der Waals surface area contributed by atoms with Gasteiger partial charge in [-0.1, -0.05) is 54.1 Å². The number of aryl methyl sites for hydroxylation is 1. The number of Topliss-reactive ketones (excluding diaryl/α,β-unsaturated/α-hetero) is 1. The number of allylic oxidation sites excluding steroid dienone is 2. The van der Waals surface area contributed by atoms with Crippen molar-refractivity contribution in [2.24, 2.45) is 35.5 Å². The highest BCUT2D eigenvalue weighted by atomic mass is 16.5. The van der Waals surface area contributed by atoms with Gasteiger partial charge in [-0.15, -0.1) is 0 Å². The molecule has 6 nitrogen and oxygen atoms in total. The van der Waals surface area contributed by atoms with Crippen LogP contribution in [0.4, 0.5) is 5.69 Å². The van der Waals surface area contributed by atoms with E-state index in [0.29, 0.717) is 17.4 Å². The van der Waals surface area contributed by atoms with Gasteiger partial charge in [-0.05, 0) is 49.1 Å². The van der Waals surface area contributed by atoms with Gasteiger partial charge in [0.2, 0.25) is 11.8 Å². The summed E-state index contributed by atoms with van der Waals surface area (Å²) in [6.07, 6.45) is 5.32. The van der Waals surface area contributed by atoms with Crippen LogP contribution in [0.2, 0.25) is 0 Å². The lowest BCUT2D eigenvalue weighted by Gasteiger charge is -2.37. The summed E-state index contributed by atoms with van der Waals surface area (Å²) in [4.78, 5) is 53.4. The predicted molar refractivity (Wildman–Crippen MR) is 119 cm³/mol. The molecule has 6 heteroatoms. The third-order valence-corrected chi connectivity index (χ3v) is 7.74. The van der Waals surface area contributed by atoms with Gasteiger partial charge >= 0.3 is 5.97 Å². The quantitative estimate of drug-likeness (QED) is 0.307. The molecule has 166 valence electrons. The van der Waals surface area contributed by atoms with E-state index in [2.05, 4.69) is 12.2 Å². The van der Waals surface area contributed by atoms with Crippen molar-refractivity contribution in [3.63, 3.8) is 0 Å². The van der Waals surface area contributed by atoms with Gasteiger partial charge < -0.3 is 4.74 Å². The molecule has 1 heterocycles. The van der Waals surface area contributed by atoms with Crippen molar-refractivity contribution in [3.8, 4) is 0 Å². The smallest absolute Gasteiger partial charge is 0.340 e. The molecular formula is C27H23NO5. The molecule has 0 radical (unpaired) electrons. The third-order valence-electron chi connectivity index (χ3n) is 7.74. The Morgan fingerprint density at radius 3 is 2.15 bits per heavy atom. The van der Waals surface area contributed by atoms with Gasteiger partial charge in [0.15, 0.2) is 12.4 Å². The van der Waals surface area contributed by atoms with Crippen molar-refractivity contribution in [2.75, 3.05) is 11.5 Å². The molecule has 1 saturated heterocycles. The Bertz CT molecular complexity index is 1190. The van der Waals surface area contributed by atoms with Gasteiger partial charge in [-0.3, -0.25) is 14.4 Å². The summed E-state index contributed by atoms with van der Waals surface area (Å²) < 4.78 is 5.29. The van der Waals surface area contributed by atoms with Gasteiger partial charge in [-0.25, -0.2) is 9.69 Å². The molecule has 2 amide bonds. The van der Waals surface area contributed by atoms with E-state index in [4.69, 9.17) is 4.74 Å². The molecule has 3 fully saturated rings. The van der Waals surface area contributed by atoms with Crippen LogP contribution < -0.4 is 4.90 Å². The van der Waals surface area contributed by atoms with Crippen molar-refractivity contribution in [3.05, 3.63) is 77.4 Å². The maximum absolute atomic E-state index is 13.4. The summed E-state index contributed by atoms with van der Waals surface area (Å²) >= 11 is 0. The first-order chi connectivity index (χ1) is 16.0. The monoisotopic (exact) mass is 441 g/mol. The normalized spacial score (nSPS) is 30.8. The molecule has 0 unspecified atom stereocenters. The van der Waals surface area contributed by atoms with E-state index in [1.807, 2.05) is 19.1 Å². The molecule has 1 aliphatic heterocycles. The van der Waals surface area contributed by atoms with Crippen LogP contribution in [0.3, 0.4) is 0 Å². The van der Waals surface area contributed by atoms with Crippen molar-refractivity contribution in [1.82, 2.24) is 0 Å². The summed E-state index contributed by atoms with van der Waals surface area (Å²) in [7, 11) is 0. The summed E-state index contributed by atoms with van der Waals surface area (Å²) in [6, 6.07) is 13.5. The van der Waals surface area contributed by atoms with Crippen molar-refractivity contribution in [1.29, 1.82) is 0 Å². The first kappa shape index (κ1) is 20.1. The molecular weight excluding hydrogens is 418 g/mol. The highest BCUT2D eigenvalue weighted by Gasteiger charge is 2.67. The zero-order valence-electron chi connectivity index (χ0n) is 18.1. The number of imide groups is 1. The Kier molecular flexibility index (Phi) is 4.41. The lowest BCUT2D eigenvalue weighted by molar-refractivity contribution is -0.124. The van der Waals surface area contributed by atoms with Gasteiger partial charge in [0.05, 0.1) is 23.1 Å². The standard InChI is InChI=1S/C27H23NO5/c1-14-6-8-15(9-7-14)22(29)13-33-27(32)18-4-2-3-5-21(18)28-25(30)23-16-10-11-17(20-12-19(16)20)24(23)26(28)31/h2-11,16-17,19-20,23-24H,12-13H2,1H3/t16-,17-,19-,20-,23+,24+/m0/s1. The second-order valence-corrected chi connectivity index (χ2v) is 9.55. The maximum atomic E-state index is 13.4. The first-order valence-corrected chi connectivity index (χ1v) is 11.4. The van der Waals surface area contributed by atoms with Gasteiger partial charge in [0.1, 0.15) is 0 Å². The molecule has 0 N–H and O–H groups in total. The number of benzene rings is 2. The average Bonchev–Trinajstić information content (AvgIpc) is 3.61. The molecule has 7 rings (SSSR count). The van der Waals surface area contributed by atoms with Crippen LogP contribution in [0.15, 0.2) is 60.7 Å². The number of anilines is 1. The first-order valence-electron chi connectivity index (χ1n) is 11.4.